The molecule has 0 unspecified atom stereocenters. The lowest BCUT2D eigenvalue weighted by Gasteiger charge is -2.31. The van der Waals surface area contributed by atoms with E-state index < -0.39 is 30.5 Å². The molecule has 0 radical (unpaired) electrons. The van der Waals surface area contributed by atoms with Crippen LogP contribution >= 0.6 is 0 Å². The highest BCUT2D eigenvalue weighted by molar-refractivity contribution is 5.14. The Morgan fingerprint density at radius 1 is 0.742 bits per heavy atom. The van der Waals surface area contributed by atoms with Gasteiger partial charge in [-0.1, -0.05) is 60.7 Å². The van der Waals surface area contributed by atoms with Gasteiger partial charge in [0.1, 0.15) is 12.2 Å². The molecule has 0 bridgehead atoms. The summed E-state index contributed by atoms with van der Waals surface area (Å²) < 4.78 is 12.2. The minimum absolute atomic E-state index is 0.235. The number of hydrogen-bond donors (Lipinski definition) is 5. The summed E-state index contributed by atoms with van der Waals surface area (Å²) in [5.41, 5.74) is 1.93. The second-order valence-corrected chi connectivity index (χ2v) is 8.05. The quantitative estimate of drug-likeness (QED) is 0.357. The number of hydrogen-bond acceptors (Lipinski definition) is 7. The van der Waals surface area contributed by atoms with Crippen LogP contribution in [0, 0.1) is 0 Å². The summed E-state index contributed by atoms with van der Waals surface area (Å²) in [5, 5.41) is 43.8. The lowest BCUT2D eigenvalue weighted by molar-refractivity contribution is -0.159. The van der Waals surface area contributed by atoms with E-state index in [2.05, 4.69) is 5.32 Å². The van der Waals surface area contributed by atoms with E-state index in [-0.39, 0.29) is 32.5 Å². The Hall–Kier alpha value is -1.84. The van der Waals surface area contributed by atoms with Gasteiger partial charge in [0, 0.05) is 6.04 Å². The molecule has 3 rings (SSSR count). The van der Waals surface area contributed by atoms with Gasteiger partial charge in [-0.3, -0.25) is 0 Å². The molecular formula is C24H33NO6. The first-order valence-electron chi connectivity index (χ1n) is 10.8. The molecule has 1 aliphatic carbocycles. The third-order valence-corrected chi connectivity index (χ3v) is 5.62. The molecule has 0 heterocycles. The summed E-state index contributed by atoms with van der Waals surface area (Å²) in [6.45, 7) is 0.102. The summed E-state index contributed by atoms with van der Waals surface area (Å²) in [4.78, 5) is 0. The van der Waals surface area contributed by atoms with Crippen LogP contribution in [0.4, 0.5) is 0 Å². The van der Waals surface area contributed by atoms with Gasteiger partial charge in [-0.25, -0.2) is 0 Å². The first kappa shape index (κ1) is 23.8. The smallest absolute Gasteiger partial charge is 0.112 e. The molecule has 7 heteroatoms. The molecule has 7 nitrogen and oxygen atoms in total. The van der Waals surface area contributed by atoms with E-state index in [1.165, 1.54) is 0 Å². The van der Waals surface area contributed by atoms with Crippen molar-refractivity contribution in [3.05, 3.63) is 71.8 Å². The van der Waals surface area contributed by atoms with Crippen molar-refractivity contribution >= 4 is 0 Å². The Morgan fingerprint density at radius 2 is 1.16 bits per heavy atom. The van der Waals surface area contributed by atoms with E-state index in [4.69, 9.17) is 9.47 Å². The van der Waals surface area contributed by atoms with Crippen molar-refractivity contribution in [3.8, 4) is 0 Å². The molecule has 4 atom stereocenters. The maximum atomic E-state index is 11.0. The summed E-state index contributed by atoms with van der Waals surface area (Å²) in [6.07, 6.45) is -2.63. The minimum atomic E-state index is -0.892. The lowest BCUT2D eigenvalue weighted by atomic mass is 10.0. The van der Waals surface area contributed by atoms with Crippen molar-refractivity contribution in [1.29, 1.82) is 0 Å². The van der Waals surface area contributed by atoms with Gasteiger partial charge in [0.25, 0.3) is 0 Å². The number of aliphatic hydroxyl groups is 4. The zero-order valence-electron chi connectivity index (χ0n) is 17.6. The molecule has 0 amide bonds. The fourth-order valence-electron chi connectivity index (χ4n) is 3.96. The third-order valence-electron chi connectivity index (χ3n) is 5.62. The summed E-state index contributed by atoms with van der Waals surface area (Å²) in [7, 11) is 0. The monoisotopic (exact) mass is 431 g/mol. The molecule has 1 aliphatic rings. The van der Waals surface area contributed by atoms with E-state index in [0.29, 0.717) is 12.8 Å². The Morgan fingerprint density at radius 3 is 1.55 bits per heavy atom. The highest BCUT2D eigenvalue weighted by Crippen LogP contribution is 2.27. The van der Waals surface area contributed by atoms with Gasteiger partial charge in [-0.2, -0.15) is 0 Å². The maximum absolute atomic E-state index is 11.0. The standard InChI is InChI=1S/C24H33NO6/c26-13-20(14-27)25-19-11-21(28)23(30-15-17-7-3-1-4-8-17)24(22(29)12-19)31-16-18-9-5-2-6-10-18/h1-10,19-29H,11-16H2/t21-,22-,23-,24-/m1/s1. The first-order chi connectivity index (χ1) is 15.1. The van der Waals surface area contributed by atoms with Crippen LogP contribution in [-0.2, 0) is 22.7 Å². The van der Waals surface area contributed by atoms with Crippen molar-refractivity contribution in [1.82, 2.24) is 5.32 Å². The number of aliphatic hydroxyl groups excluding tert-OH is 4. The van der Waals surface area contributed by atoms with Gasteiger partial charge in [0.05, 0.1) is 44.7 Å². The molecule has 1 fully saturated rings. The highest BCUT2D eigenvalue weighted by Gasteiger charge is 2.41. The number of rotatable bonds is 10. The van der Waals surface area contributed by atoms with Gasteiger partial charge in [-0.15, -0.1) is 0 Å². The van der Waals surface area contributed by atoms with Crippen LogP contribution in [0.25, 0.3) is 0 Å². The van der Waals surface area contributed by atoms with Crippen LogP contribution < -0.4 is 5.32 Å². The van der Waals surface area contributed by atoms with E-state index >= 15 is 0 Å². The fourth-order valence-corrected chi connectivity index (χ4v) is 3.96. The van der Waals surface area contributed by atoms with E-state index in [0.717, 1.165) is 11.1 Å². The van der Waals surface area contributed by atoms with Crippen molar-refractivity contribution < 1.29 is 29.9 Å². The average molecular weight is 432 g/mol. The fraction of sp³-hybridized carbons (Fsp3) is 0.500. The number of ether oxygens (including phenoxy) is 2. The van der Waals surface area contributed by atoms with Gasteiger partial charge < -0.3 is 35.2 Å². The molecule has 2 aromatic carbocycles. The maximum Gasteiger partial charge on any atom is 0.112 e. The predicted molar refractivity (Wildman–Crippen MR) is 116 cm³/mol. The van der Waals surface area contributed by atoms with E-state index in [1.54, 1.807) is 0 Å². The van der Waals surface area contributed by atoms with Gasteiger partial charge >= 0.3 is 0 Å². The zero-order chi connectivity index (χ0) is 22.1. The second-order valence-electron chi connectivity index (χ2n) is 8.05. The Kier molecular flexibility index (Phi) is 9.42. The van der Waals surface area contributed by atoms with Crippen LogP contribution in [-0.4, -0.2) is 70.1 Å². The van der Waals surface area contributed by atoms with Crippen molar-refractivity contribution in [2.24, 2.45) is 0 Å². The van der Waals surface area contributed by atoms with E-state index in [9.17, 15) is 20.4 Å². The van der Waals surface area contributed by atoms with Crippen molar-refractivity contribution in [2.45, 2.75) is 62.6 Å². The van der Waals surface area contributed by atoms with Crippen LogP contribution in [0.3, 0.4) is 0 Å². The van der Waals surface area contributed by atoms with Crippen LogP contribution in [0.5, 0.6) is 0 Å². The van der Waals surface area contributed by atoms with Crippen molar-refractivity contribution in [3.63, 3.8) is 0 Å². The van der Waals surface area contributed by atoms with Crippen LogP contribution in [0.15, 0.2) is 60.7 Å². The molecule has 0 spiro atoms. The Labute approximate surface area is 183 Å². The molecule has 31 heavy (non-hydrogen) atoms. The largest absolute Gasteiger partial charge is 0.395 e. The van der Waals surface area contributed by atoms with Crippen molar-refractivity contribution in [2.75, 3.05) is 13.2 Å². The van der Waals surface area contributed by atoms with Gasteiger partial charge in [0.15, 0.2) is 0 Å². The zero-order valence-corrected chi connectivity index (χ0v) is 17.6. The molecule has 0 aliphatic heterocycles. The van der Waals surface area contributed by atoms with Crippen LogP contribution in [0.2, 0.25) is 0 Å². The average Bonchev–Trinajstić information content (AvgIpc) is 2.91. The highest BCUT2D eigenvalue weighted by atomic mass is 16.6. The molecule has 0 saturated heterocycles. The SMILES string of the molecule is OCC(CO)NC1C[C@@H](O)[C@@H](OCc2ccccc2)[C@H](OCc2ccccc2)[C@H](O)C1. The summed E-state index contributed by atoms with van der Waals surface area (Å²) in [5.74, 6) is 0. The normalized spacial score (nSPS) is 26.7. The first-order valence-corrected chi connectivity index (χ1v) is 10.8. The molecule has 5 N–H and O–H groups in total. The Balaban J connectivity index is 1.74. The molecule has 1 saturated carbocycles. The number of benzene rings is 2. The summed E-state index contributed by atoms with van der Waals surface area (Å²) >= 11 is 0. The molecule has 2 aromatic rings. The molecular weight excluding hydrogens is 398 g/mol. The molecule has 0 aromatic heterocycles. The topological polar surface area (TPSA) is 111 Å². The predicted octanol–water partition coefficient (Wildman–Crippen LogP) is 0.984. The molecule has 170 valence electrons. The third kappa shape index (κ3) is 7.08. The van der Waals surface area contributed by atoms with Crippen LogP contribution in [0.1, 0.15) is 24.0 Å². The lowest BCUT2D eigenvalue weighted by Crippen LogP contribution is -2.45. The van der Waals surface area contributed by atoms with Gasteiger partial charge in [-0.05, 0) is 24.0 Å². The Bertz CT molecular complexity index is 685. The number of nitrogens with one attached hydrogen (secondary N) is 1. The van der Waals surface area contributed by atoms with E-state index in [1.807, 2.05) is 60.7 Å². The summed E-state index contributed by atoms with van der Waals surface area (Å²) in [6, 6.07) is 18.5. The second kappa shape index (κ2) is 12.3. The van der Waals surface area contributed by atoms with Gasteiger partial charge in [0.2, 0.25) is 0 Å². The minimum Gasteiger partial charge on any atom is -0.395 e.